The predicted octanol–water partition coefficient (Wildman–Crippen LogP) is 3.51. The molecule has 1 N–H and O–H groups in total. The summed E-state index contributed by atoms with van der Waals surface area (Å²) in [6.07, 6.45) is -0.931. The van der Waals surface area contributed by atoms with Crippen molar-refractivity contribution in [3.05, 3.63) is 59.9 Å². The third-order valence-corrected chi connectivity index (χ3v) is 2.68. The standard InChI is InChI=1S/C15H12F3NO2/c1-9(21-12-5-2-10(16)3-6-12)15(20)19-14-7-4-11(17)8-13(14)18/h2-9H,1H3,(H,19,20)/t9-/m1/s1. The fourth-order valence-corrected chi connectivity index (χ4v) is 1.60. The highest BCUT2D eigenvalue weighted by Gasteiger charge is 2.16. The molecule has 6 heteroatoms. The normalized spacial score (nSPS) is 11.8. The third-order valence-electron chi connectivity index (χ3n) is 2.68. The van der Waals surface area contributed by atoms with Crippen LogP contribution >= 0.6 is 0 Å². The van der Waals surface area contributed by atoms with E-state index in [1.807, 2.05) is 0 Å². The van der Waals surface area contributed by atoms with E-state index in [2.05, 4.69) is 5.32 Å². The molecule has 0 spiro atoms. The van der Waals surface area contributed by atoms with E-state index in [1.54, 1.807) is 0 Å². The van der Waals surface area contributed by atoms with Crippen molar-refractivity contribution in [2.75, 3.05) is 5.32 Å². The lowest BCUT2D eigenvalue weighted by Gasteiger charge is -2.15. The van der Waals surface area contributed by atoms with Gasteiger partial charge in [-0.3, -0.25) is 4.79 Å². The minimum Gasteiger partial charge on any atom is -0.481 e. The van der Waals surface area contributed by atoms with Crippen LogP contribution in [0.3, 0.4) is 0 Å². The largest absolute Gasteiger partial charge is 0.481 e. The van der Waals surface area contributed by atoms with Crippen molar-refractivity contribution in [1.29, 1.82) is 0 Å². The average Bonchev–Trinajstić information content (AvgIpc) is 2.44. The van der Waals surface area contributed by atoms with Crippen molar-refractivity contribution in [2.24, 2.45) is 0 Å². The van der Waals surface area contributed by atoms with E-state index >= 15 is 0 Å². The number of carbonyl (C=O) groups excluding carboxylic acids is 1. The molecule has 0 aliphatic heterocycles. The van der Waals surface area contributed by atoms with Gasteiger partial charge in [0, 0.05) is 6.07 Å². The highest BCUT2D eigenvalue weighted by molar-refractivity contribution is 5.94. The molecule has 2 aromatic carbocycles. The molecule has 0 radical (unpaired) electrons. The number of nitrogens with one attached hydrogen (secondary N) is 1. The predicted molar refractivity (Wildman–Crippen MR) is 71.5 cm³/mol. The van der Waals surface area contributed by atoms with E-state index in [9.17, 15) is 18.0 Å². The first kappa shape index (κ1) is 14.9. The number of anilines is 1. The minimum absolute atomic E-state index is 0.143. The second-order valence-electron chi connectivity index (χ2n) is 4.33. The van der Waals surface area contributed by atoms with Gasteiger partial charge in [-0.05, 0) is 43.3 Å². The fraction of sp³-hybridized carbons (Fsp3) is 0.133. The Kier molecular flexibility index (Phi) is 4.47. The molecule has 3 nitrogen and oxygen atoms in total. The highest BCUT2D eigenvalue weighted by atomic mass is 19.1. The van der Waals surface area contributed by atoms with Gasteiger partial charge in [-0.1, -0.05) is 0 Å². The van der Waals surface area contributed by atoms with Crippen molar-refractivity contribution in [3.63, 3.8) is 0 Å². The number of amides is 1. The number of hydrogen-bond donors (Lipinski definition) is 1. The average molecular weight is 295 g/mol. The molecular formula is C15H12F3NO2. The van der Waals surface area contributed by atoms with Crippen LogP contribution in [0.5, 0.6) is 5.75 Å². The Morgan fingerprint density at radius 1 is 1.05 bits per heavy atom. The van der Waals surface area contributed by atoms with E-state index in [0.29, 0.717) is 11.8 Å². The summed E-state index contributed by atoms with van der Waals surface area (Å²) in [5.41, 5.74) is -0.143. The van der Waals surface area contributed by atoms with Crippen LogP contribution in [0.25, 0.3) is 0 Å². The Balaban J connectivity index is 2.00. The molecule has 0 fully saturated rings. The summed E-state index contributed by atoms with van der Waals surface area (Å²) >= 11 is 0. The molecule has 0 bridgehead atoms. The van der Waals surface area contributed by atoms with Gasteiger partial charge < -0.3 is 10.1 Å². The zero-order chi connectivity index (χ0) is 15.4. The number of carbonyl (C=O) groups is 1. The van der Waals surface area contributed by atoms with Gasteiger partial charge in [0.2, 0.25) is 0 Å². The third kappa shape index (κ3) is 3.98. The quantitative estimate of drug-likeness (QED) is 0.937. The van der Waals surface area contributed by atoms with Gasteiger partial charge in [0.05, 0.1) is 5.69 Å². The molecule has 21 heavy (non-hydrogen) atoms. The molecule has 0 heterocycles. The van der Waals surface area contributed by atoms with Crippen LogP contribution in [0.15, 0.2) is 42.5 Å². The van der Waals surface area contributed by atoms with Crippen LogP contribution in [-0.4, -0.2) is 12.0 Å². The first-order valence-corrected chi connectivity index (χ1v) is 6.14. The van der Waals surface area contributed by atoms with Crippen molar-refractivity contribution < 1.29 is 22.7 Å². The molecule has 0 saturated heterocycles. The summed E-state index contributed by atoms with van der Waals surface area (Å²) in [4.78, 5) is 11.9. The van der Waals surface area contributed by atoms with Gasteiger partial charge in [0.25, 0.3) is 5.91 Å². The molecule has 1 atom stereocenters. The van der Waals surface area contributed by atoms with Crippen LogP contribution in [0.4, 0.5) is 18.9 Å². The maximum absolute atomic E-state index is 13.4. The van der Waals surface area contributed by atoms with E-state index in [0.717, 1.165) is 12.1 Å². The number of halogens is 3. The number of rotatable bonds is 4. The van der Waals surface area contributed by atoms with E-state index < -0.39 is 29.5 Å². The molecule has 2 aromatic rings. The molecular weight excluding hydrogens is 283 g/mol. The highest BCUT2D eigenvalue weighted by Crippen LogP contribution is 2.17. The smallest absolute Gasteiger partial charge is 0.265 e. The van der Waals surface area contributed by atoms with Gasteiger partial charge in [-0.25, -0.2) is 13.2 Å². The Labute approximate surface area is 119 Å². The molecule has 0 aromatic heterocycles. The summed E-state index contributed by atoms with van der Waals surface area (Å²) in [5.74, 6) is -2.34. The van der Waals surface area contributed by atoms with Crippen molar-refractivity contribution >= 4 is 11.6 Å². The summed E-state index contributed by atoms with van der Waals surface area (Å²) in [7, 11) is 0. The van der Waals surface area contributed by atoms with Crippen molar-refractivity contribution in [2.45, 2.75) is 13.0 Å². The molecule has 0 saturated carbocycles. The molecule has 0 aliphatic rings. The van der Waals surface area contributed by atoms with E-state index in [4.69, 9.17) is 4.74 Å². The molecule has 1 amide bonds. The minimum atomic E-state index is -0.931. The summed E-state index contributed by atoms with van der Waals surface area (Å²) in [6.45, 7) is 1.46. The van der Waals surface area contributed by atoms with E-state index in [-0.39, 0.29) is 5.69 Å². The number of ether oxygens (including phenoxy) is 1. The van der Waals surface area contributed by atoms with Crippen LogP contribution in [0, 0.1) is 17.5 Å². The van der Waals surface area contributed by atoms with Gasteiger partial charge in [-0.15, -0.1) is 0 Å². The van der Waals surface area contributed by atoms with Crippen LogP contribution in [0.2, 0.25) is 0 Å². The summed E-state index contributed by atoms with van der Waals surface area (Å²) in [6, 6.07) is 7.95. The number of benzene rings is 2. The fourth-order valence-electron chi connectivity index (χ4n) is 1.60. The lowest BCUT2D eigenvalue weighted by atomic mass is 10.2. The van der Waals surface area contributed by atoms with Gasteiger partial charge in [-0.2, -0.15) is 0 Å². The Hall–Kier alpha value is -2.50. The molecule has 110 valence electrons. The zero-order valence-corrected chi connectivity index (χ0v) is 11.1. The second kappa shape index (κ2) is 6.30. The van der Waals surface area contributed by atoms with Crippen LogP contribution in [-0.2, 0) is 4.79 Å². The first-order valence-electron chi connectivity index (χ1n) is 6.14. The van der Waals surface area contributed by atoms with E-state index in [1.165, 1.54) is 31.2 Å². The maximum atomic E-state index is 13.4. The number of hydrogen-bond acceptors (Lipinski definition) is 2. The van der Waals surface area contributed by atoms with Gasteiger partial charge in [0.1, 0.15) is 23.2 Å². The summed E-state index contributed by atoms with van der Waals surface area (Å²) < 4.78 is 44.2. The molecule has 0 aliphatic carbocycles. The van der Waals surface area contributed by atoms with Crippen LogP contribution in [0.1, 0.15) is 6.92 Å². The van der Waals surface area contributed by atoms with Crippen molar-refractivity contribution in [3.8, 4) is 5.75 Å². The SMILES string of the molecule is C[C@@H](Oc1ccc(F)cc1)C(=O)Nc1ccc(F)cc1F. The van der Waals surface area contributed by atoms with Gasteiger partial charge >= 0.3 is 0 Å². The lowest BCUT2D eigenvalue weighted by molar-refractivity contribution is -0.122. The monoisotopic (exact) mass is 295 g/mol. The van der Waals surface area contributed by atoms with Crippen molar-refractivity contribution in [1.82, 2.24) is 0 Å². The maximum Gasteiger partial charge on any atom is 0.265 e. The first-order chi connectivity index (χ1) is 9.95. The lowest BCUT2D eigenvalue weighted by Crippen LogP contribution is -2.30. The summed E-state index contributed by atoms with van der Waals surface area (Å²) in [5, 5.41) is 2.29. The Bertz CT molecular complexity index is 644. The molecule has 2 rings (SSSR count). The Morgan fingerprint density at radius 3 is 2.29 bits per heavy atom. The molecule has 0 unspecified atom stereocenters. The van der Waals surface area contributed by atoms with Gasteiger partial charge in [0.15, 0.2) is 6.10 Å². The zero-order valence-electron chi connectivity index (χ0n) is 11.1. The Morgan fingerprint density at radius 2 is 1.67 bits per heavy atom. The topological polar surface area (TPSA) is 38.3 Å². The van der Waals surface area contributed by atoms with Crippen LogP contribution < -0.4 is 10.1 Å². The second-order valence-corrected chi connectivity index (χ2v) is 4.33.